The molecule has 1 aliphatic carbocycles. The van der Waals surface area contributed by atoms with Gasteiger partial charge in [-0.1, -0.05) is 24.3 Å². The van der Waals surface area contributed by atoms with E-state index in [0.29, 0.717) is 6.61 Å². The summed E-state index contributed by atoms with van der Waals surface area (Å²) in [5.74, 6) is 0.0719. The van der Waals surface area contributed by atoms with Crippen molar-refractivity contribution in [2.45, 2.75) is 32.6 Å². The number of fused-ring (bicyclic) bond motifs is 1. The summed E-state index contributed by atoms with van der Waals surface area (Å²) in [5, 5.41) is 0. The Balaban J connectivity index is 2.04. The van der Waals surface area contributed by atoms with Gasteiger partial charge in [0.05, 0.1) is 12.5 Å². The van der Waals surface area contributed by atoms with E-state index >= 15 is 0 Å². The highest BCUT2D eigenvalue weighted by Gasteiger charge is 2.22. The van der Waals surface area contributed by atoms with Crippen LogP contribution in [0.5, 0.6) is 0 Å². The second kappa shape index (κ2) is 5.15. The second-order valence-corrected chi connectivity index (χ2v) is 4.30. The predicted octanol–water partition coefficient (Wildman–Crippen LogP) is 2.74. The number of benzene rings is 1. The van der Waals surface area contributed by atoms with E-state index in [4.69, 9.17) is 4.74 Å². The predicted molar refractivity (Wildman–Crippen MR) is 63.2 cm³/mol. The van der Waals surface area contributed by atoms with Gasteiger partial charge in [-0.2, -0.15) is 0 Å². The quantitative estimate of drug-likeness (QED) is 0.563. The molecule has 0 radical (unpaired) electrons. The lowest BCUT2D eigenvalue weighted by atomic mass is 10.00. The van der Waals surface area contributed by atoms with Crippen LogP contribution in [0.4, 0.5) is 0 Å². The third-order valence-electron chi connectivity index (χ3n) is 3.26. The average Bonchev–Trinajstić information content (AvgIpc) is 2.51. The van der Waals surface area contributed by atoms with E-state index in [-0.39, 0.29) is 11.9 Å². The zero-order chi connectivity index (χ0) is 11.4. The van der Waals surface area contributed by atoms with Gasteiger partial charge in [0.2, 0.25) is 0 Å². The molecule has 0 spiro atoms. The molecule has 0 aliphatic heterocycles. The van der Waals surface area contributed by atoms with E-state index in [9.17, 15) is 4.79 Å². The van der Waals surface area contributed by atoms with Gasteiger partial charge in [-0.05, 0) is 43.7 Å². The lowest BCUT2D eigenvalue weighted by Crippen LogP contribution is -2.17. The van der Waals surface area contributed by atoms with Crippen LogP contribution in [0.2, 0.25) is 0 Å². The van der Waals surface area contributed by atoms with Crippen molar-refractivity contribution in [3.05, 3.63) is 35.4 Å². The molecule has 0 atom stereocenters. The third kappa shape index (κ3) is 2.43. The molecule has 0 saturated heterocycles. The summed E-state index contributed by atoms with van der Waals surface area (Å²) in [7, 11) is 0. The topological polar surface area (TPSA) is 26.3 Å². The van der Waals surface area contributed by atoms with Gasteiger partial charge in [-0.15, -0.1) is 0 Å². The Kier molecular flexibility index (Phi) is 3.60. The van der Waals surface area contributed by atoms with E-state index in [2.05, 4.69) is 24.3 Å². The molecule has 1 aromatic rings. The van der Waals surface area contributed by atoms with Crippen LogP contribution in [0.15, 0.2) is 24.3 Å². The molecule has 0 fully saturated rings. The summed E-state index contributed by atoms with van der Waals surface area (Å²) < 4.78 is 5.10. The molecule has 1 aliphatic rings. The standard InChI is InChI=1S/C14H18O2/c1-2-16-14(15)13-9-7-11-5-3-4-6-12(11)8-10-13/h3-6,13H,2,7-10H2,1H3. The first-order chi connectivity index (χ1) is 7.81. The largest absolute Gasteiger partial charge is 0.466 e. The smallest absolute Gasteiger partial charge is 0.308 e. The van der Waals surface area contributed by atoms with Crippen molar-refractivity contribution in [3.63, 3.8) is 0 Å². The summed E-state index contributed by atoms with van der Waals surface area (Å²) in [5.41, 5.74) is 2.79. The summed E-state index contributed by atoms with van der Waals surface area (Å²) in [6.45, 7) is 2.35. The Morgan fingerprint density at radius 1 is 1.25 bits per heavy atom. The minimum Gasteiger partial charge on any atom is -0.466 e. The maximum absolute atomic E-state index is 11.7. The van der Waals surface area contributed by atoms with Crippen LogP contribution in [-0.2, 0) is 22.4 Å². The highest BCUT2D eigenvalue weighted by Crippen LogP contribution is 2.25. The van der Waals surface area contributed by atoms with Gasteiger partial charge in [0, 0.05) is 0 Å². The minimum absolute atomic E-state index is 0.0182. The summed E-state index contributed by atoms with van der Waals surface area (Å²) in [6.07, 6.45) is 3.85. The maximum atomic E-state index is 11.7. The van der Waals surface area contributed by atoms with Crippen LogP contribution in [0.25, 0.3) is 0 Å². The average molecular weight is 218 g/mol. The Morgan fingerprint density at radius 3 is 2.31 bits per heavy atom. The van der Waals surface area contributed by atoms with Crippen LogP contribution in [-0.4, -0.2) is 12.6 Å². The molecule has 0 saturated carbocycles. The second-order valence-electron chi connectivity index (χ2n) is 4.30. The third-order valence-corrected chi connectivity index (χ3v) is 3.26. The van der Waals surface area contributed by atoms with Gasteiger partial charge in [0.1, 0.15) is 0 Å². The minimum atomic E-state index is -0.0182. The van der Waals surface area contributed by atoms with Crippen molar-refractivity contribution >= 4 is 5.97 Å². The molecule has 2 nitrogen and oxygen atoms in total. The summed E-state index contributed by atoms with van der Waals surface area (Å²) >= 11 is 0. The Morgan fingerprint density at radius 2 is 1.81 bits per heavy atom. The molecule has 0 heterocycles. The number of hydrogen-bond donors (Lipinski definition) is 0. The summed E-state index contributed by atoms with van der Waals surface area (Å²) in [6, 6.07) is 8.48. The van der Waals surface area contributed by atoms with Gasteiger partial charge in [0.15, 0.2) is 0 Å². The van der Waals surface area contributed by atoms with Crippen molar-refractivity contribution in [2.24, 2.45) is 5.92 Å². The first-order valence-electron chi connectivity index (χ1n) is 6.04. The fourth-order valence-electron chi connectivity index (χ4n) is 2.34. The van der Waals surface area contributed by atoms with Gasteiger partial charge in [0.25, 0.3) is 0 Å². The number of aryl methyl sites for hydroxylation is 2. The van der Waals surface area contributed by atoms with Crippen molar-refractivity contribution < 1.29 is 9.53 Å². The molecule has 2 heteroatoms. The molecule has 0 unspecified atom stereocenters. The molecule has 0 bridgehead atoms. The Hall–Kier alpha value is -1.31. The highest BCUT2D eigenvalue weighted by molar-refractivity contribution is 5.72. The van der Waals surface area contributed by atoms with Crippen LogP contribution in [0.3, 0.4) is 0 Å². The number of carbonyl (C=O) groups excluding carboxylic acids is 1. The van der Waals surface area contributed by atoms with Gasteiger partial charge < -0.3 is 4.74 Å². The fraction of sp³-hybridized carbons (Fsp3) is 0.500. The monoisotopic (exact) mass is 218 g/mol. The van der Waals surface area contributed by atoms with Gasteiger partial charge >= 0.3 is 5.97 Å². The molecule has 1 aromatic carbocycles. The van der Waals surface area contributed by atoms with E-state index in [1.165, 1.54) is 11.1 Å². The lowest BCUT2D eigenvalue weighted by Gasteiger charge is -2.11. The van der Waals surface area contributed by atoms with Crippen molar-refractivity contribution in [1.29, 1.82) is 0 Å². The first-order valence-corrected chi connectivity index (χ1v) is 6.04. The number of carbonyl (C=O) groups is 1. The van der Waals surface area contributed by atoms with Crippen LogP contribution in [0.1, 0.15) is 30.9 Å². The normalized spacial score (nSPS) is 16.3. The van der Waals surface area contributed by atoms with E-state index < -0.39 is 0 Å². The van der Waals surface area contributed by atoms with Gasteiger partial charge in [-0.3, -0.25) is 4.79 Å². The van der Waals surface area contributed by atoms with E-state index in [0.717, 1.165) is 25.7 Å². The van der Waals surface area contributed by atoms with E-state index in [1.807, 2.05) is 6.92 Å². The van der Waals surface area contributed by atoms with Crippen LogP contribution >= 0.6 is 0 Å². The van der Waals surface area contributed by atoms with Crippen molar-refractivity contribution in [2.75, 3.05) is 6.61 Å². The number of esters is 1. The molecule has 86 valence electrons. The molecule has 0 amide bonds. The molecule has 16 heavy (non-hydrogen) atoms. The van der Waals surface area contributed by atoms with Crippen LogP contribution < -0.4 is 0 Å². The molecular weight excluding hydrogens is 200 g/mol. The van der Waals surface area contributed by atoms with Crippen molar-refractivity contribution in [3.8, 4) is 0 Å². The highest BCUT2D eigenvalue weighted by atomic mass is 16.5. The fourth-order valence-corrected chi connectivity index (χ4v) is 2.34. The van der Waals surface area contributed by atoms with Crippen molar-refractivity contribution in [1.82, 2.24) is 0 Å². The Bertz CT molecular complexity index is 344. The van der Waals surface area contributed by atoms with Crippen LogP contribution in [0, 0.1) is 5.92 Å². The first kappa shape index (κ1) is 11.2. The zero-order valence-corrected chi connectivity index (χ0v) is 9.74. The number of ether oxygens (including phenoxy) is 1. The lowest BCUT2D eigenvalue weighted by molar-refractivity contribution is -0.148. The SMILES string of the molecule is CCOC(=O)C1CCc2ccccc2CC1. The molecule has 2 rings (SSSR count). The molecule has 0 N–H and O–H groups in total. The van der Waals surface area contributed by atoms with E-state index in [1.54, 1.807) is 0 Å². The number of hydrogen-bond acceptors (Lipinski definition) is 2. The Labute approximate surface area is 96.6 Å². The maximum Gasteiger partial charge on any atom is 0.308 e. The molecular formula is C14H18O2. The molecule has 0 aromatic heterocycles. The summed E-state index contributed by atoms with van der Waals surface area (Å²) in [4.78, 5) is 11.7. The zero-order valence-electron chi connectivity index (χ0n) is 9.74. The number of rotatable bonds is 2. The van der Waals surface area contributed by atoms with Gasteiger partial charge in [-0.25, -0.2) is 0 Å².